The van der Waals surface area contributed by atoms with Crippen LogP contribution in [-0.2, 0) is 11.4 Å². The highest BCUT2D eigenvalue weighted by Crippen LogP contribution is 2.28. The molecule has 0 spiro atoms. The molecule has 190 valence electrons. The molecule has 1 amide bonds. The summed E-state index contributed by atoms with van der Waals surface area (Å²) in [5.74, 6) is 1.32. The van der Waals surface area contributed by atoms with Crippen molar-refractivity contribution in [3.8, 4) is 11.4 Å². The number of benzene rings is 4. The molecule has 0 fully saturated rings. The third kappa shape index (κ3) is 6.12. The van der Waals surface area contributed by atoms with Crippen LogP contribution in [0.4, 0.5) is 0 Å². The van der Waals surface area contributed by atoms with Crippen LogP contribution in [0.3, 0.4) is 0 Å². The van der Waals surface area contributed by atoms with Crippen molar-refractivity contribution in [1.82, 2.24) is 20.1 Å². The summed E-state index contributed by atoms with van der Waals surface area (Å²) >= 11 is 1.37. The lowest BCUT2D eigenvalue weighted by atomic mass is 9.98. The van der Waals surface area contributed by atoms with Gasteiger partial charge in [0.15, 0.2) is 11.0 Å². The van der Waals surface area contributed by atoms with Crippen molar-refractivity contribution in [3.05, 3.63) is 138 Å². The topological polar surface area (TPSA) is 69.0 Å². The molecule has 0 unspecified atom stereocenters. The molecule has 0 bridgehead atoms. The number of amides is 1. The monoisotopic (exact) mass is 520 g/mol. The lowest BCUT2D eigenvalue weighted by molar-refractivity contribution is -0.120. The average molecular weight is 521 g/mol. The highest BCUT2D eigenvalue weighted by molar-refractivity contribution is 8.00. The van der Waals surface area contributed by atoms with Gasteiger partial charge in [0.25, 0.3) is 0 Å². The first kappa shape index (κ1) is 25.3. The van der Waals surface area contributed by atoms with Crippen LogP contribution in [0.5, 0.6) is 5.75 Å². The van der Waals surface area contributed by atoms with Gasteiger partial charge in [0.2, 0.25) is 5.91 Å². The maximum atomic E-state index is 13.5. The minimum Gasteiger partial charge on any atom is -0.486 e. The van der Waals surface area contributed by atoms with Gasteiger partial charge in [-0.2, -0.15) is 0 Å². The Morgan fingerprint density at radius 2 is 1.32 bits per heavy atom. The SMILES string of the molecule is C[C@H](Sc1nnc(COc2ccccc2)n1-c1ccccc1)C(=O)NC(c1ccccc1)c1ccccc1. The Bertz CT molecular complexity index is 1410. The third-order valence-electron chi connectivity index (χ3n) is 6.03. The van der Waals surface area contributed by atoms with Crippen LogP contribution in [0.2, 0.25) is 0 Å². The van der Waals surface area contributed by atoms with Crippen LogP contribution in [0.25, 0.3) is 5.69 Å². The minimum atomic E-state index is -0.417. The summed E-state index contributed by atoms with van der Waals surface area (Å²) in [4.78, 5) is 13.5. The molecule has 1 heterocycles. The molecule has 1 N–H and O–H groups in total. The van der Waals surface area contributed by atoms with Crippen LogP contribution < -0.4 is 10.1 Å². The largest absolute Gasteiger partial charge is 0.486 e. The van der Waals surface area contributed by atoms with Gasteiger partial charge in [0, 0.05) is 5.69 Å². The fourth-order valence-corrected chi connectivity index (χ4v) is 4.99. The van der Waals surface area contributed by atoms with Gasteiger partial charge >= 0.3 is 0 Å². The fraction of sp³-hybridized carbons (Fsp3) is 0.129. The van der Waals surface area contributed by atoms with Crippen molar-refractivity contribution in [2.75, 3.05) is 0 Å². The smallest absolute Gasteiger partial charge is 0.234 e. The first-order valence-electron chi connectivity index (χ1n) is 12.4. The van der Waals surface area contributed by atoms with Crippen LogP contribution in [-0.4, -0.2) is 25.9 Å². The number of aromatic nitrogens is 3. The maximum absolute atomic E-state index is 13.5. The molecule has 5 rings (SSSR count). The van der Waals surface area contributed by atoms with Gasteiger partial charge in [0.05, 0.1) is 11.3 Å². The summed E-state index contributed by atoms with van der Waals surface area (Å²) in [6.07, 6.45) is 0. The molecule has 4 aromatic carbocycles. The predicted octanol–water partition coefficient (Wildman–Crippen LogP) is 6.23. The lowest BCUT2D eigenvalue weighted by Gasteiger charge is -2.22. The summed E-state index contributed by atoms with van der Waals surface area (Å²) in [5.41, 5.74) is 2.96. The van der Waals surface area contributed by atoms with Gasteiger partial charge in [-0.25, -0.2) is 0 Å². The Morgan fingerprint density at radius 1 is 0.789 bits per heavy atom. The second-order valence-electron chi connectivity index (χ2n) is 8.69. The number of nitrogens with zero attached hydrogens (tertiary/aromatic N) is 3. The molecule has 38 heavy (non-hydrogen) atoms. The van der Waals surface area contributed by atoms with E-state index >= 15 is 0 Å². The lowest BCUT2D eigenvalue weighted by Crippen LogP contribution is -2.35. The first-order chi connectivity index (χ1) is 18.7. The van der Waals surface area contributed by atoms with Gasteiger partial charge in [-0.3, -0.25) is 9.36 Å². The van der Waals surface area contributed by atoms with Gasteiger partial charge in [0.1, 0.15) is 12.4 Å². The summed E-state index contributed by atoms with van der Waals surface area (Å²) in [6.45, 7) is 2.13. The van der Waals surface area contributed by atoms with Crippen LogP contribution >= 0.6 is 11.8 Å². The Morgan fingerprint density at radius 3 is 1.89 bits per heavy atom. The van der Waals surface area contributed by atoms with Crippen LogP contribution in [0.1, 0.15) is 29.9 Å². The quantitative estimate of drug-likeness (QED) is 0.221. The molecule has 0 saturated carbocycles. The number of carbonyl (C=O) groups is 1. The summed E-state index contributed by atoms with van der Waals surface area (Å²) in [7, 11) is 0. The van der Waals surface area contributed by atoms with E-state index in [9.17, 15) is 4.79 Å². The fourth-order valence-electron chi connectivity index (χ4n) is 4.09. The van der Waals surface area contributed by atoms with Gasteiger partial charge in [-0.1, -0.05) is 109 Å². The zero-order valence-corrected chi connectivity index (χ0v) is 21.8. The first-order valence-corrected chi connectivity index (χ1v) is 13.3. The van der Waals surface area contributed by atoms with E-state index in [4.69, 9.17) is 4.74 Å². The number of ether oxygens (including phenoxy) is 1. The second-order valence-corrected chi connectivity index (χ2v) is 10.0. The van der Waals surface area contributed by atoms with E-state index in [0.29, 0.717) is 11.0 Å². The van der Waals surface area contributed by atoms with E-state index in [0.717, 1.165) is 22.6 Å². The molecule has 7 heteroatoms. The molecule has 5 aromatic rings. The Kier molecular flexibility index (Phi) is 8.16. The molecule has 0 aliphatic carbocycles. The predicted molar refractivity (Wildman–Crippen MR) is 150 cm³/mol. The van der Waals surface area contributed by atoms with Crippen molar-refractivity contribution < 1.29 is 9.53 Å². The van der Waals surface area contributed by atoms with Crippen molar-refractivity contribution in [2.45, 2.75) is 30.0 Å². The maximum Gasteiger partial charge on any atom is 0.234 e. The number of thioether (sulfide) groups is 1. The molecule has 0 saturated heterocycles. The Hall–Kier alpha value is -4.36. The van der Waals surface area contributed by atoms with E-state index in [1.165, 1.54) is 11.8 Å². The molecule has 6 nitrogen and oxygen atoms in total. The van der Waals surface area contributed by atoms with E-state index in [-0.39, 0.29) is 18.6 Å². The molecule has 0 radical (unpaired) electrons. The number of nitrogens with one attached hydrogen (secondary N) is 1. The molecule has 0 aliphatic rings. The van der Waals surface area contributed by atoms with E-state index < -0.39 is 5.25 Å². The molecular formula is C31H28N4O2S. The van der Waals surface area contributed by atoms with Crippen molar-refractivity contribution in [2.24, 2.45) is 0 Å². The van der Waals surface area contributed by atoms with E-state index in [1.807, 2.05) is 133 Å². The molecular weight excluding hydrogens is 492 g/mol. The Balaban J connectivity index is 1.36. The number of hydrogen-bond donors (Lipinski definition) is 1. The molecule has 1 aromatic heterocycles. The summed E-state index contributed by atoms with van der Waals surface area (Å²) < 4.78 is 7.91. The van der Waals surface area contributed by atoms with Crippen molar-refractivity contribution in [1.29, 1.82) is 0 Å². The van der Waals surface area contributed by atoms with Crippen molar-refractivity contribution in [3.63, 3.8) is 0 Å². The van der Waals surface area contributed by atoms with E-state index in [2.05, 4.69) is 15.5 Å². The van der Waals surface area contributed by atoms with Gasteiger partial charge < -0.3 is 10.1 Å². The highest BCUT2D eigenvalue weighted by atomic mass is 32.2. The third-order valence-corrected chi connectivity index (χ3v) is 7.07. The highest BCUT2D eigenvalue weighted by Gasteiger charge is 2.24. The van der Waals surface area contributed by atoms with Crippen LogP contribution in [0.15, 0.2) is 126 Å². The normalized spacial score (nSPS) is 11.7. The standard InChI is InChI=1S/C31H28N4O2S/c1-23(30(36)32-29(24-14-6-2-7-15-24)25-16-8-3-9-17-25)38-31-34-33-28(22-37-27-20-12-5-13-21-27)35(31)26-18-10-4-11-19-26/h2-21,23,29H,22H2,1H3,(H,32,36)/t23-/m0/s1. The van der Waals surface area contributed by atoms with Gasteiger partial charge in [-0.05, 0) is 42.3 Å². The van der Waals surface area contributed by atoms with Crippen LogP contribution in [0, 0.1) is 0 Å². The number of hydrogen-bond acceptors (Lipinski definition) is 5. The van der Waals surface area contributed by atoms with Gasteiger partial charge in [-0.15, -0.1) is 10.2 Å². The number of carbonyl (C=O) groups excluding carboxylic acids is 1. The van der Waals surface area contributed by atoms with Crippen molar-refractivity contribution >= 4 is 17.7 Å². The average Bonchev–Trinajstić information content (AvgIpc) is 3.38. The summed E-state index contributed by atoms with van der Waals surface area (Å²) in [6, 6.07) is 39.2. The number of para-hydroxylation sites is 2. The minimum absolute atomic E-state index is 0.0857. The second kappa shape index (κ2) is 12.3. The molecule has 1 atom stereocenters. The zero-order valence-electron chi connectivity index (χ0n) is 21.0. The molecule has 0 aliphatic heterocycles. The number of rotatable bonds is 10. The Labute approximate surface area is 226 Å². The zero-order chi connectivity index (χ0) is 26.2. The van der Waals surface area contributed by atoms with E-state index in [1.54, 1.807) is 0 Å². The summed E-state index contributed by atoms with van der Waals surface area (Å²) in [5, 5.41) is 12.3.